The van der Waals surface area contributed by atoms with Crippen LogP contribution < -0.4 is 15.4 Å². The Morgan fingerprint density at radius 1 is 1.17 bits per heavy atom. The van der Waals surface area contributed by atoms with Crippen LogP contribution in [0.25, 0.3) is 0 Å². The van der Waals surface area contributed by atoms with Crippen molar-refractivity contribution in [2.24, 2.45) is 0 Å². The van der Waals surface area contributed by atoms with Crippen LogP contribution in [0.5, 0.6) is 5.88 Å². The number of carbonyl (C=O) groups excluding carboxylic acids is 2. The van der Waals surface area contributed by atoms with E-state index in [4.69, 9.17) is 9.26 Å². The van der Waals surface area contributed by atoms with Gasteiger partial charge in [-0.1, -0.05) is 18.2 Å². The quantitative estimate of drug-likeness (QED) is 0.846. The number of ether oxygens (including phenoxy) is 1. The summed E-state index contributed by atoms with van der Waals surface area (Å²) in [6.45, 7) is 5.18. The van der Waals surface area contributed by atoms with Gasteiger partial charge in [0.05, 0.1) is 6.54 Å². The Balaban J connectivity index is 1.76. The van der Waals surface area contributed by atoms with E-state index in [-0.39, 0.29) is 24.9 Å². The summed E-state index contributed by atoms with van der Waals surface area (Å²) in [5, 5.41) is 8.88. The van der Waals surface area contributed by atoms with Gasteiger partial charge in [-0.25, -0.2) is 0 Å². The summed E-state index contributed by atoms with van der Waals surface area (Å²) in [5.41, 5.74) is 2.70. The second kappa shape index (κ2) is 7.44. The molecule has 0 aliphatic heterocycles. The van der Waals surface area contributed by atoms with Crippen LogP contribution in [0, 0.1) is 20.8 Å². The SMILES string of the molecule is Cc1cc(OCC(=O)NCC(=O)Nc2c(C)cccc2C)no1. The van der Waals surface area contributed by atoms with Crippen LogP contribution in [-0.2, 0) is 9.59 Å². The van der Waals surface area contributed by atoms with E-state index in [1.54, 1.807) is 13.0 Å². The fourth-order valence-electron chi connectivity index (χ4n) is 1.98. The highest BCUT2D eigenvalue weighted by molar-refractivity contribution is 5.95. The summed E-state index contributed by atoms with van der Waals surface area (Å²) in [6, 6.07) is 7.32. The lowest BCUT2D eigenvalue weighted by molar-refractivity contribution is -0.125. The van der Waals surface area contributed by atoms with Crippen LogP contribution in [-0.4, -0.2) is 30.1 Å². The van der Waals surface area contributed by atoms with Crippen molar-refractivity contribution in [1.82, 2.24) is 10.5 Å². The summed E-state index contributed by atoms with van der Waals surface area (Å²) in [6.07, 6.45) is 0. The third-order valence-electron chi connectivity index (χ3n) is 3.15. The molecule has 0 radical (unpaired) electrons. The predicted octanol–water partition coefficient (Wildman–Crippen LogP) is 1.73. The first-order valence-electron chi connectivity index (χ1n) is 7.14. The molecule has 2 aromatic rings. The van der Waals surface area contributed by atoms with Crippen LogP contribution in [0.2, 0.25) is 0 Å². The average molecular weight is 317 g/mol. The number of anilines is 1. The number of para-hydroxylation sites is 1. The van der Waals surface area contributed by atoms with Crippen LogP contribution in [0.3, 0.4) is 0 Å². The van der Waals surface area contributed by atoms with E-state index < -0.39 is 5.91 Å². The average Bonchev–Trinajstić information content (AvgIpc) is 2.92. The molecular weight excluding hydrogens is 298 g/mol. The first-order chi connectivity index (χ1) is 11.0. The number of nitrogens with zero attached hydrogens (tertiary/aromatic N) is 1. The summed E-state index contributed by atoms with van der Waals surface area (Å²) < 4.78 is 9.94. The maximum absolute atomic E-state index is 11.9. The van der Waals surface area contributed by atoms with Crippen molar-refractivity contribution in [2.75, 3.05) is 18.5 Å². The monoisotopic (exact) mass is 317 g/mol. The van der Waals surface area contributed by atoms with Crippen LogP contribution in [0.4, 0.5) is 5.69 Å². The topological polar surface area (TPSA) is 93.5 Å². The van der Waals surface area contributed by atoms with Crippen molar-refractivity contribution in [3.8, 4) is 5.88 Å². The molecule has 0 spiro atoms. The molecule has 0 bridgehead atoms. The van der Waals surface area contributed by atoms with E-state index in [0.717, 1.165) is 16.8 Å². The van der Waals surface area contributed by atoms with Crippen molar-refractivity contribution in [1.29, 1.82) is 0 Å². The molecule has 1 heterocycles. The first kappa shape index (κ1) is 16.5. The largest absolute Gasteiger partial charge is 0.465 e. The molecule has 0 aliphatic carbocycles. The van der Waals surface area contributed by atoms with Gasteiger partial charge < -0.3 is 19.9 Å². The van der Waals surface area contributed by atoms with E-state index in [0.29, 0.717) is 5.76 Å². The Morgan fingerprint density at radius 3 is 2.48 bits per heavy atom. The zero-order valence-corrected chi connectivity index (χ0v) is 13.3. The zero-order valence-electron chi connectivity index (χ0n) is 13.3. The Kier molecular flexibility index (Phi) is 5.35. The number of aryl methyl sites for hydroxylation is 3. The summed E-state index contributed by atoms with van der Waals surface area (Å²) >= 11 is 0. The third kappa shape index (κ3) is 4.84. The second-order valence-corrected chi connectivity index (χ2v) is 5.16. The minimum Gasteiger partial charge on any atom is -0.465 e. The van der Waals surface area contributed by atoms with Crippen LogP contribution in [0.1, 0.15) is 16.9 Å². The second-order valence-electron chi connectivity index (χ2n) is 5.16. The lowest BCUT2D eigenvalue weighted by Crippen LogP contribution is -2.36. The lowest BCUT2D eigenvalue weighted by atomic mass is 10.1. The molecule has 1 aromatic carbocycles. The first-order valence-corrected chi connectivity index (χ1v) is 7.14. The smallest absolute Gasteiger partial charge is 0.258 e. The van der Waals surface area contributed by atoms with Crippen LogP contribution >= 0.6 is 0 Å². The highest BCUT2D eigenvalue weighted by Crippen LogP contribution is 2.18. The van der Waals surface area contributed by atoms with E-state index in [1.807, 2.05) is 32.0 Å². The van der Waals surface area contributed by atoms with Gasteiger partial charge in [-0.15, -0.1) is 0 Å². The Morgan fingerprint density at radius 2 is 1.87 bits per heavy atom. The molecule has 2 rings (SSSR count). The van der Waals surface area contributed by atoms with E-state index in [2.05, 4.69) is 15.8 Å². The number of carbonyl (C=O) groups is 2. The summed E-state index contributed by atoms with van der Waals surface area (Å²) in [7, 11) is 0. The zero-order chi connectivity index (χ0) is 16.8. The van der Waals surface area contributed by atoms with Gasteiger partial charge in [-0.05, 0) is 37.1 Å². The highest BCUT2D eigenvalue weighted by atomic mass is 16.5. The molecule has 0 aliphatic rings. The number of nitrogens with one attached hydrogen (secondary N) is 2. The van der Waals surface area contributed by atoms with Crippen LogP contribution in [0.15, 0.2) is 28.8 Å². The summed E-state index contributed by atoms with van der Waals surface area (Å²) in [5.74, 6) is 0.112. The molecule has 0 unspecified atom stereocenters. The molecule has 0 fully saturated rings. The highest BCUT2D eigenvalue weighted by Gasteiger charge is 2.10. The van der Waals surface area contributed by atoms with Gasteiger partial charge in [-0.3, -0.25) is 9.59 Å². The van der Waals surface area contributed by atoms with Gasteiger partial charge in [0.15, 0.2) is 6.61 Å². The van der Waals surface area contributed by atoms with Gasteiger partial charge in [0.25, 0.3) is 11.8 Å². The van der Waals surface area contributed by atoms with Gasteiger partial charge in [0.1, 0.15) is 5.76 Å². The molecule has 0 saturated carbocycles. The van der Waals surface area contributed by atoms with Gasteiger partial charge in [0, 0.05) is 11.8 Å². The normalized spacial score (nSPS) is 10.2. The van der Waals surface area contributed by atoms with E-state index >= 15 is 0 Å². The molecule has 2 N–H and O–H groups in total. The van der Waals surface area contributed by atoms with Crippen molar-refractivity contribution in [3.05, 3.63) is 41.2 Å². The fourth-order valence-corrected chi connectivity index (χ4v) is 1.98. The maximum atomic E-state index is 11.9. The van der Waals surface area contributed by atoms with Gasteiger partial charge in [0.2, 0.25) is 5.91 Å². The predicted molar refractivity (Wildman–Crippen MR) is 84.3 cm³/mol. The molecular formula is C16H19N3O4. The number of benzene rings is 1. The maximum Gasteiger partial charge on any atom is 0.258 e. The van der Waals surface area contributed by atoms with Gasteiger partial charge in [-0.2, -0.15) is 0 Å². The molecule has 7 heteroatoms. The Bertz CT molecular complexity index is 689. The Hall–Kier alpha value is -2.83. The molecule has 1 aromatic heterocycles. The molecule has 7 nitrogen and oxygen atoms in total. The van der Waals surface area contributed by atoms with Crippen molar-refractivity contribution in [3.63, 3.8) is 0 Å². The lowest BCUT2D eigenvalue weighted by Gasteiger charge is -2.11. The number of aromatic nitrogens is 1. The third-order valence-corrected chi connectivity index (χ3v) is 3.15. The number of rotatable bonds is 6. The fraction of sp³-hybridized carbons (Fsp3) is 0.312. The van der Waals surface area contributed by atoms with Gasteiger partial charge >= 0.3 is 0 Å². The molecule has 0 atom stereocenters. The minimum absolute atomic E-state index is 0.131. The molecule has 0 saturated heterocycles. The number of amides is 2. The molecule has 2 amide bonds. The molecule has 122 valence electrons. The number of hydrogen-bond acceptors (Lipinski definition) is 5. The van der Waals surface area contributed by atoms with Crippen molar-refractivity contribution >= 4 is 17.5 Å². The van der Waals surface area contributed by atoms with E-state index in [9.17, 15) is 9.59 Å². The van der Waals surface area contributed by atoms with Crippen molar-refractivity contribution < 1.29 is 18.8 Å². The summed E-state index contributed by atoms with van der Waals surface area (Å²) in [4.78, 5) is 23.5. The van der Waals surface area contributed by atoms with E-state index in [1.165, 1.54) is 0 Å². The van der Waals surface area contributed by atoms with Crippen molar-refractivity contribution in [2.45, 2.75) is 20.8 Å². The standard InChI is InChI=1S/C16H19N3O4/c1-10-5-4-6-11(2)16(10)18-13(20)8-17-14(21)9-22-15-7-12(3)23-19-15/h4-7H,8-9H2,1-3H3,(H,17,21)(H,18,20). The Labute approximate surface area is 134 Å². The number of hydrogen-bond donors (Lipinski definition) is 2. The molecule has 23 heavy (non-hydrogen) atoms. The minimum atomic E-state index is -0.415.